The summed E-state index contributed by atoms with van der Waals surface area (Å²) < 4.78 is 0. The van der Waals surface area contributed by atoms with Crippen LogP contribution in [0.15, 0.2) is 72.8 Å². The fourth-order valence-electron chi connectivity index (χ4n) is 2.89. The Hall–Kier alpha value is -3.40. The molecule has 1 aromatic heterocycles. The van der Waals surface area contributed by atoms with Gasteiger partial charge in [-0.3, -0.25) is 0 Å². The van der Waals surface area contributed by atoms with E-state index in [-0.39, 0.29) is 5.75 Å². The second kappa shape index (κ2) is 6.24. The van der Waals surface area contributed by atoms with E-state index in [9.17, 15) is 5.11 Å². The van der Waals surface area contributed by atoms with Crippen LogP contribution >= 0.6 is 0 Å². The predicted molar refractivity (Wildman–Crippen MR) is 101 cm³/mol. The molecule has 4 aromatic rings. The van der Waals surface area contributed by atoms with Crippen LogP contribution in [0.2, 0.25) is 0 Å². The molecule has 122 valence electrons. The number of nitrogens with one attached hydrogen (secondary N) is 1. The normalized spacial score (nSPS) is 10.8. The van der Waals surface area contributed by atoms with Crippen molar-refractivity contribution in [3.63, 3.8) is 0 Å². The van der Waals surface area contributed by atoms with E-state index in [4.69, 9.17) is 0 Å². The Morgan fingerprint density at radius 2 is 1.56 bits per heavy atom. The van der Waals surface area contributed by atoms with Crippen LogP contribution in [0, 0.1) is 6.92 Å². The summed E-state index contributed by atoms with van der Waals surface area (Å²) in [5, 5.41) is 23.7. The van der Waals surface area contributed by atoms with Crippen LogP contribution in [0.5, 0.6) is 5.75 Å². The van der Waals surface area contributed by atoms with E-state index in [1.807, 2.05) is 48.5 Å². The molecule has 0 amide bonds. The van der Waals surface area contributed by atoms with E-state index in [1.165, 1.54) is 5.56 Å². The molecule has 1 heterocycles. The van der Waals surface area contributed by atoms with Gasteiger partial charge in [0, 0.05) is 22.0 Å². The third-order valence-electron chi connectivity index (χ3n) is 4.11. The Morgan fingerprint density at radius 1 is 0.800 bits per heavy atom. The van der Waals surface area contributed by atoms with Gasteiger partial charge in [0.05, 0.1) is 0 Å². The summed E-state index contributed by atoms with van der Waals surface area (Å²) >= 11 is 0. The molecular weight excluding hydrogens is 310 g/mol. The van der Waals surface area contributed by atoms with Crippen LogP contribution < -0.4 is 5.32 Å². The zero-order valence-electron chi connectivity index (χ0n) is 13.8. The van der Waals surface area contributed by atoms with Gasteiger partial charge in [0.15, 0.2) is 5.82 Å². The lowest BCUT2D eigenvalue weighted by atomic mass is 10.0. The van der Waals surface area contributed by atoms with Crippen LogP contribution in [0.4, 0.5) is 11.5 Å². The highest BCUT2D eigenvalue weighted by Crippen LogP contribution is 2.31. The quantitative estimate of drug-likeness (QED) is 0.552. The van der Waals surface area contributed by atoms with E-state index in [2.05, 4.69) is 34.6 Å². The molecule has 0 aliphatic rings. The van der Waals surface area contributed by atoms with Crippen molar-refractivity contribution in [2.45, 2.75) is 6.92 Å². The molecule has 4 heteroatoms. The molecule has 25 heavy (non-hydrogen) atoms. The third-order valence-corrected chi connectivity index (χ3v) is 4.11. The molecule has 0 saturated carbocycles. The molecule has 0 unspecified atom stereocenters. The molecule has 0 saturated heterocycles. The zero-order valence-corrected chi connectivity index (χ0v) is 13.8. The van der Waals surface area contributed by atoms with Gasteiger partial charge in [0.2, 0.25) is 0 Å². The summed E-state index contributed by atoms with van der Waals surface area (Å²) in [6.45, 7) is 2.06. The van der Waals surface area contributed by atoms with Gasteiger partial charge in [-0.25, -0.2) is 0 Å². The summed E-state index contributed by atoms with van der Waals surface area (Å²) in [5.74, 6) is 0.961. The molecule has 0 spiro atoms. The minimum absolute atomic E-state index is 0.235. The maximum atomic E-state index is 9.50. The Morgan fingerprint density at radius 3 is 2.32 bits per heavy atom. The van der Waals surface area contributed by atoms with Crippen LogP contribution in [0.1, 0.15) is 5.56 Å². The second-order valence-corrected chi connectivity index (χ2v) is 5.98. The minimum Gasteiger partial charge on any atom is -0.508 e. The monoisotopic (exact) mass is 327 g/mol. The van der Waals surface area contributed by atoms with Crippen molar-refractivity contribution in [3.05, 3.63) is 78.4 Å². The third kappa shape index (κ3) is 3.02. The largest absolute Gasteiger partial charge is 0.508 e. The summed E-state index contributed by atoms with van der Waals surface area (Å²) in [4.78, 5) is 0. The maximum absolute atomic E-state index is 9.50. The van der Waals surface area contributed by atoms with Crippen LogP contribution in [-0.4, -0.2) is 15.3 Å². The van der Waals surface area contributed by atoms with Crippen LogP contribution in [0.25, 0.3) is 22.0 Å². The maximum Gasteiger partial charge on any atom is 0.161 e. The Kier molecular flexibility index (Phi) is 3.78. The number of rotatable bonds is 3. The molecule has 0 atom stereocenters. The molecule has 4 rings (SSSR count). The smallest absolute Gasteiger partial charge is 0.161 e. The van der Waals surface area contributed by atoms with Crippen molar-refractivity contribution in [3.8, 4) is 17.0 Å². The lowest BCUT2D eigenvalue weighted by Gasteiger charge is -2.11. The summed E-state index contributed by atoms with van der Waals surface area (Å²) in [5.41, 5.74) is 3.88. The highest BCUT2D eigenvalue weighted by Gasteiger charge is 2.11. The van der Waals surface area contributed by atoms with Crippen LogP contribution in [0.3, 0.4) is 0 Å². The van der Waals surface area contributed by atoms with Gasteiger partial charge in [0.1, 0.15) is 11.4 Å². The number of phenolic OH excluding ortho intramolecular Hbond substituents is 1. The SMILES string of the molecule is Cc1cccc(Nc2nnc(-c3ccc(O)cc3)c3ccccc23)c1. The summed E-state index contributed by atoms with van der Waals surface area (Å²) in [6.07, 6.45) is 0. The first kappa shape index (κ1) is 15.1. The van der Waals surface area contributed by atoms with Gasteiger partial charge in [-0.15, -0.1) is 10.2 Å². The Balaban J connectivity index is 1.83. The van der Waals surface area contributed by atoms with Crippen molar-refractivity contribution in [1.29, 1.82) is 0 Å². The Bertz CT molecular complexity index is 1040. The molecule has 0 fully saturated rings. The van der Waals surface area contributed by atoms with Gasteiger partial charge < -0.3 is 10.4 Å². The fraction of sp³-hybridized carbons (Fsp3) is 0.0476. The highest BCUT2D eigenvalue weighted by molar-refractivity contribution is 6.00. The first-order valence-corrected chi connectivity index (χ1v) is 8.09. The van der Waals surface area contributed by atoms with Crippen molar-refractivity contribution >= 4 is 22.3 Å². The lowest BCUT2D eigenvalue weighted by molar-refractivity contribution is 0.475. The van der Waals surface area contributed by atoms with E-state index in [0.29, 0.717) is 0 Å². The van der Waals surface area contributed by atoms with Crippen molar-refractivity contribution in [2.75, 3.05) is 5.32 Å². The number of phenols is 1. The fourth-order valence-corrected chi connectivity index (χ4v) is 2.89. The molecule has 0 bridgehead atoms. The van der Waals surface area contributed by atoms with E-state index >= 15 is 0 Å². The first-order valence-electron chi connectivity index (χ1n) is 8.09. The van der Waals surface area contributed by atoms with Gasteiger partial charge in [-0.1, -0.05) is 36.4 Å². The van der Waals surface area contributed by atoms with Gasteiger partial charge in [0.25, 0.3) is 0 Å². The van der Waals surface area contributed by atoms with E-state index in [0.717, 1.165) is 33.5 Å². The molecule has 2 N–H and O–H groups in total. The molecule has 0 aliphatic carbocycles. The molecule has 3 aromatic carbocycles. The number of fused-ring (bicyclic) bond motifs is 1. The Labute approximate surface area is 145 Å². The van der Waals surface area contributed by atoms with Crippen LogP contribution in [-0.2, 0) is 0 Å². The van der Waals surface area contributed by atoms with Crippen molar-refractivity contribution < 1.29 is 5.11 Å². The van der Waals surface area contributed by atoms with Crippen molar-refractivity contribution in [1.82, 2.24) is 10.2 Å². The highest BCUT2D eigenvalue weighted by atomic mass is 16.3. The van der Waals surface area contributed by atoms with Gasteiger partial charge in [-0.05, 0) is 48.9 Å². The second-order valence-electron chi connectivity index (χ2n) is 5.98. The number of aromatic nitrogens is 2. The van der Waals surface area contributed by atoms with E-state index in [1.54, 1.807) is 12.1 Å². The average molecular weight is 327 g/mol. The number of benzene rings is 3. The van der Waals surface area contributed by atoms with E-state index < -0.39 is 0 Å². The standard InChI is InChI=1S/C21H17N3O/c1-14-5-4-6-16(13-14)22-21-19-8-3-2-7-18(19)20(23-24-21)15-9-11-17(25)12-10-15/h2-13,25H,1H3,(H,22,24). The zero-order chi connectivity index (χ0) is 17.2. The van der Waals surface area contributed by atoms with Gasteiger partial charge >= 0.3 is 0 Å². The number of anilines is 2. The van der Waals surface area contributed by atoms with Crippen molar-refractivity contribution in [2.24, 2.45) is 0 Å². The summed E-state index contributed by atoms with van der Waals surface area (Å²) in [7, 11) is 0. The summed E-state index contributed by atoms with van der Waals surface area (Å²) in [6, 6.07) is 23.2. The molecule has 0 radical (unpaired) electrons. The first-order chi connectivity index (χ1) is 12.2. The number of aryl methyl sites for hydroxylation is 1. The molecule has 0 aliphatic heterocycles. The molecule has 4 nitrogen and oxygen atoms in total. The number of hydrogen-bond donors (Lipinski definition) is 2. The average Bonchev–Trinajstić information content (AvgIpc) is 2.63. The predicted octanol–water partition coefficient (Wildman–Crippen LogP) is 5.05. The molecular formula is C21H17N3O. The topological polar surface area (TPSA) is 58.0 Å². The number of aromatic hydroxyl groups is 1. The minimum atomic E-state index is 0.235. The lowest BCUT2D eigenvalue weighted by Crippen LogP contribution is -1.99. The number of hydrogen-bond acceptors (Lipinski definition) is 4. The number of nitrogens with zero attached hydrogens (tertiary/aromatic N) is 2. The van der Waals surface area contributed by atoms with Gasteiger partial charge in [-0.2, -0.15) is 0 Å².